The average Bonchev–Trinajstić information content (AvgIpc) is 2.41. The molecule has 0 saturated carbocycles. The second-order valence-corrected chi connectivity index (χ2v) is 3.56. The molecule has 7 heteroatoms. The molecule has 0 amide bonds. The number of oxime groups is 1. The zero-order valence-corrected chi connectivity index (χ0v) is 10.8. The Morgan fingerprint density at radius 1 is 1.40 bits per heavy atom. The summed E-state index contributed by atoms with van der Waals surface area (Å²) in [5.41, 5.74) is -0.801. The van der Waals surface area contributed by atoms with E-state index < -0.39 is 11.7 Å². The molecular weight excluding hydrogens is 273 g/mol. The summed E-state index contributed by atoms with van der Waals surface area (Å²) < 4.78 is 43.9. The molecule has 1 aromatic rings. The van der Waals surface area contributed by atoms with Crippen molar-refractivity contribution in [2.24, 2.45) is 10.1 Å². The number of ether oxygens (including phenoxy) is 1. The molecule has 0 aromatic heterocycles. The molecule has 1 aromatic carbocycles. The summed E-state index contributed by atoms with van der Waals surface area (Å²) in [7, 11) is 1.26. The molecule has 0 saturated heterocycles. The quantitative estimate of drug-likeness (QED) is 0.361. The molecule has 0 unspecified atom stereocenters. The lowest BCUT2D eigenvalue weighted by atomic mass is 10.1. The Morgan fingerprint density at radius 2 is 2.10 bits per heavy atom. The van der Waals surface area contributed by atoms with E-state index in [-0.39, 0.29) is 23.8 Å². The van der Waals surface area contributed by atoms with E-state index >= 15 is 0 Å². The molecule has 108 valence electrons. The van der Waals surface area contributed by atoms with Crippen LogP contribution in [0.1, 0.15) is 11.1 Å². The Balaban J connectivity index is 3.30. The van der Waals surface area contributed by atoms with Crippen LogP contribution in [0.2, 0.25) is 0 Å². The van der Waals surface area contributed by atoms with Crippen LogP contribution in [0, 0.1) is 0 Å². The lowest BCUT2D eigenvalue weighted by molar-refractivity contribution is -0.138. The van der Waals surface area contributed by atoms with Gasteiger partial charge in [0.25, 0.3) is 0 Å². The predicted octanol–water partition coefficient (Wildman–Crippen LogP) is 3.28. The summed E-state index contributed by atoms with van der Waals surface area (Å²) >= 11 is 0. The minimum Gasteiger partial charge on any atom is -0.489 e. The van der Waals surface area contributed by atoms with E-state index in [0.29, 0.717) is 0 Å². The van der Waals surface area contributed by atoms with Crippen LogP contribution < -0.4 is 4.74 Å². The second kappa shape index (κ2) is 6.74. The van der Waals surface area contributed by atoms with Gasteiger partial charge in [0.05, 0.1) is 5.56 Å². The van der Waals surface area contributed by atoms with Gasteiger partial charge in [-0.15, -0.1) is 0 Å². The van der Waals surface area contributed by atoms with Crippen molar-refractivity contribution in [2.45, 2.75) is 6.18 Å². The zero-order chi connectivity index (χ0) is 15.2. The topological polar surface area (TPSA) is 43.2 Å². The zero-order valence-electron chi connectivity index (χ0n) is 10.8. The fourth-order valence-corrected chi connectivity index (χ4v) is 1.42. The van der Waals surface area contributed by atoms with Gasteiger partial charge in [-0.3, -0.25) is 0 Å². The maximum Gasteiger partial charge on any atom is 0.419 e. The number of rotatable bonds is 5. The van der Waals surface area contributed by atoms with Crippen molar-refractivity contribution in [3.63, 3.8) is 0 Å². The Morgan fingerprint density at radius 3 is 2.60 bits per heavy atom. The first-order valence-corrected chi connectivity index (χ1v) is 5.47. The van der Waals surface area contributed by atoms with Crippen LogP contribution in [-0.2, 0) is 11.0 Å². The van der Waals surface area contributed by atoms with E-state index in [1.807, 2.05) is 0 Å². The van der Waals surface area contributed by atoms with Crippen LogP contribution in [-0.4, -0.2) is 26.3 Å². The number of hydrogen-bond acceptors (Lipinski definition) is 3. The molecule has 0 aliphatic heterocycles. The minimum absolute atomic E-state index is 0.0266. The fraction of sp³-hybridized carbons (Fsp3) is 0.231. The fourth-order valence-electron chi connectivity index (χ4n) is 1.42. The third kappa shape index (κ3) is 3.84. The van der Waals surface area contributed by atoms with Gasteiger partial charge in [-0.25, -0.2) is 4.99 Å². The number of halogens is 3. The van der Waals surface area contributed by atoms with E-state index in [9.17, 15) is 13.2 Å². The first-order chi connectivity index (χ1) is 9.43. The maximum atomic E-state index is 13.0. The molecular formula is C13H13F3N2O2. The second-order valence-electron chi connectivity index (χ2n) is 3.56. The molecule has 0 fully saturated rings. The SMILES string of the molecule is C=CCOc1ccc(/C(N=C)=N/OC)cc1C(F)(F)F. The van der Waals surface area contributed by atoms with Gasteiger partial charge in [0.15, 0.2) is 5.84 Å². The Kier molecular flexibility index (Phi) is 5.31. The third-order valence-electron chi connectivity index (χ3n) is 2.23. The number of alkyl halides is 3. The first kappa shape index (κ1) is 15.7. The van der Waals surface area contributed by atoms with E-state index in [4.69, 9.17) is 4.74 Å². The van der Waals surface area contributed by atoms with Gasteiger partial charge in [-0.05, 0) is 24.9 Å². The number of hydrogen-bond donors (Lipinski definition) is 0. The molecule has 20 heavy (non-hydrogen) atoms. The van der Waals surface area contributed by atoms with Gasteiger partial charge in [0.1, 0.15) is 19.5 Å². The highest BCUT2D eigenvalue weighted by Gasteiger charge is 2.35. The van der Waals surface area contributed by atoms with Crippen LogP contribution in [0.4, 0.5) is 13.2 Å². The van der Waals surface area contributed by atoms with Crippen LogP contribution in [0.25, 0.3) is 0 Å². The minimum atomic E-state index is -4.56. The smallest absolute Gasteiger partial charge is 0.419 e. The summed E-state index contributed by atoms with van der Waals surface area (Å²) in [6.45, 7) is 6.59. The van der Waals surface area contributed by atoms with E-state index in [2.05, 4.69) is 28.3 Å². The first-order valence-electron chi connectivity index (χ1n) is 5.47. The monoisotopic (exact) mass is 286 g/mol. The van der Waals surface area contributed by atoms with E-state index in [0.717, 1.165) is 6.07 Å². The average molecular weight is 286 g/mol. The number of amidine groups is 1. The van der Waals surface area contributed by atoms with Gasteiger partial charge in [0, 0.05) is 5.56 Å². The van der Waals surface area contributed by atoms with Gasteiger partial charge < -0.3 is 9.57 Å². The molecule has 0 bridgehead atoms. The Hall–Kier alpha value is -2.31. The van der Waals surface area contributed by atoms with Crippen molar-refractivity contribution in [3.05, 3.63) is 42.0 Å². The number of benzene rings is 1. The molecule has 0 aliphatic rings. The molecule has 4 nitrogen and oxygen atoms in total. The third-order valence-corrected chi connectivity index (χ3v) is 2.23. The highest BCUT2D eigenvalue weighted by atomic mass is 19.4. The molecule has 0 N–H and O–H groups in total. The molecule has 0 aliphatic carbocycles. The van der Waals surface area contributed by atoms with Gasteiger partial charge >= 0.3 is 6.18 Å². The highest BCUT2D eigenvalue weighted by Crippen LogP contribution is 2.37. The summed E-state index contributed by atoms with van der Waals surface area (Å²) in [6.07, 6.45) is -3.21. The molecule has 0 heterocycles. The number of aliphatic imine (C=N–C) groups is 1. The lowest BCUT2D eigenvalue weighted by Crippen LogP contribution is -2.11. The van der Waals surface area contributed by atoms with Gasteiger partial charge in [-0.1, -0.05) is 17.8 Å². The number of nitrogens with zero attached hydrogens (tertiary/aromatic N) is 2. The van der Waals surface area contributed by atoms with Gasteiger partial charge in [-0.2, -0.15) is 13.2 Å². The Labute approximate surface area is 114 Å². The Bertz CT molecular complexity index is 525. The van der Waals surface area contributed by atoms with Crippen LogP contribution in [0.3, 0.4) is 0 Å². The maximum absolute atomic E-state index is 13.0. The normalized spacial score (nSPS) is 11.9. The van der Waals surface area contributed by atoms with E-state index in [1.54, 1.807) is 0 Å². The van der Waals surface area contributed by atoms with Crippen LogP contribution in [0.15, 0.2) is 41.0 Å². The molecule has 0 radical (unpaired) electrons. The van der Waals surface area contributed by atoms with Crippen molar-refractivity contribution in [3.8, 4) is 5.75 Å². The van der Waals surface area contributed by atoms with Crippen molar-refractivity contribution in [2.75, 3.05) is 13.7 Å². The standard InChI is InChI=1S/C13H13F3N2O2/c1-4-7-20-11-6-5-9(12(17-2)18-19-3)8-10(11)13(14,15)16/h4-6,8H,1-2,7H2,3H3/b18-12-. The summed E-state index contributed by atoms with van der Waals surface area (Å²) in [5, 5.41) is 3.49. The van der Waals surface area contributed by atoms with Crippen LogP contribution in [0.5, 0.6) is 5.75 Å². The molecule has 1 rings (SSSR count). The van der Waals surface area contributed by atoms with Crippen molar-refractivity contribution >= 4 is 12.6 Å². The largest absolute Gasteiger partial charge is 0.489 e. The summed E-state index contributed by atoms with van der Waals surface area (Å²) in [5.74, 6) is -0.338. The molecule has 0 atom stereocenters. The van der Waals surface area contributed by atoms with E-state index in [1.165, 1.54) is 25.3 Å². The molecule has 0 spiro atoms. The summed E-state index contributed by atoms with van der Waals surface area (Å²) in [6, 6.07) is 3.46. The summed E-state index contributed by atoms with van der Waals surface area (Å²) in [4.78, 5) is 8.01. The van der Waals surface area contributed by atoms with Crippen LogP contribution >= 0.6 is 0 Å². The van der Waals surface area contributed by atoms with Crippen molar-refractivity contribution < 1.29 is 22.7 Å². The lowest BCUT2D eigenvalue weighted by Gasteiger charge is -2.14. The van der Waals surface area contributed by atoms with Crippen molar-refractivity contribution in [1.29, 1.82) is 0 Å². The highest BCUT2D eigenvalue weighted by molar-refractivity contribution is 6.01. The predicted molar refractivity (Wildman–Crippen MR) is 70.2 cm³/mol. The van der Waals surface area contributed by atoms with Gasteiger partial charge in [0.2, 0.25) is 0 Å². The van der Waals surface area contributed by atoms with Crippen molar-refractivity contribution in [1.82, 2.24) is 0 Å².